The van der Waals surface area contributed by atoms with Gasteiger partial charge < -0.3 is 16.0 Å². The lowest BCUT2D eigenvalue weighted by Crippen LogP contribution is -2.49. The molecule has 0 aromatic rings. The van der Waals surface area contributed by atoms with Gasteiger partial charge in [-0.15, -0.1) is 0 Å². The minimum Gasteiger partial charge on any atom is -0.355 e. The third kappa shape index (κ3) is 5.17. The maximum Gasteiger partial charge on any atom is 0.239 e. The monoisotopic (exact) mass is 241 g/mol. The van der Waals surface area contributed by atoms with Crippen LogP contribution in [0.1, 0.15) is 33.1 Å². The molecule has 17 heavy (non-hydrogen) atoms. The first kappa shape index (κ1) is 14.0. The van der Waals surface area contributed by atoms with Gasteiger partial charge in [0.05, 0.1) is 6.54 Å². The van der Waals surface area contributed by atoms with Crippen LogP contribution in [0.4, 0.5) is 0 Å². The smallest absolute Gasteiger partial charge is 0.239 e. The Hall–Kier alpha value is -1.10. The molecule has 0 aromatic heterocycles. The predicted octanol–water partition coefficient (Wildman–Crippen LogP) is 0.0984. The van der Waals surface area contributed by atoms with Crippen LogP contribution in [0, 0.1) is 5.92 Å². The molecule has 0 radical (unpaired) electrons. The van der Waals surface area contributed by atoms with Gasteiger partial charge in [0, 0.05) is 25.6 Å². The van der Waals surface area contributed by atoms with Crippen molar-refractivity contribution >= 4 is 11.8 Å². The van der Waals surface area contributed by atoms with Crippen LogP contribution in [0.2, 0.25) is 0 Å². The lowest BCUT2D eigenvalue weighted by Gasteiger charge is -2.30. The van der Waals surface area contributed by atoms with Gasteiger partial charge in [-0.3, -0.25) is 9.59 Å². The van der Waals surface area contributed by atoms with Gasteiger partial charge in [0.25, 0.3) is 0 Å². The summed E-state index contributed by atoms with van der Waals surface area (Å²) in [7, 11) is 0. The SMILES string of the molecule is CC(C)CCNC(=O)CN1CC(N)CCC1=O. The summed E-state index contributed by atoms with van der Waals surface area (Å²) in [6.07, 6.45) is 2.14. The number of hydrogen-bond acceptors (Lipinski definition) is 3. The fourth-order valence-electron chi connectivity index (χ4n) is 1.83. The number of hydrogen-bond donors (Lipinski definition) is 2. The minimum absolute atomic E-state index is 0.0103. The number of nitrogens with zero attached hydrogens (tertiary/aromatic N) is 1. The van der Waals surface area contributed by atoms with Crippen molar-refractivity contribution in [1.82, 2.24) is 10.2 Å². The van der Waals surface area contributed by atoms with E-state index in [0.29, 0.717) is 25.4 Å². The summed E-state index contributed by atoms with van der Waals surface area (Å²) in [5.74, 6) is 0.513. The van der Waals surface area contributed by atoms with E-state index < -0.39 is 0 Å². The Morgan fingerprint density at radius 3 is 2.94 bits per heavy atom. The van der Waals surface area contributed by atoms with Crippen molar-refractivity contribution in [1.29, 1.82) is 0 Å². The van der Waals surface area contributed by atoms with Crippen LogP contribution >= 0.6 is 0 Å². The van der Waals surface area contributed by atoms with Crippen molar-refractivity contribution in [2.75, 3.05) is 19.6 Å². The molecule has 1 aliphatic rings. The predicted molar refractivity (Wildman–Crippen MR) is 66.3 cm³/mol. The molecule has 5 nitrogen and oxygen atoms in total. The van der Waals surface area contributed by atoms with Gasteiger partial charge in [0.1, 0.15) is 0 Å². The molecule has 1 heterocycles. The molecule has 0 saturated carbocycles. The molecular formula is C12H23N3O2. The second kappa shape index (κ2) is 6.59. The normalized spacial score (nSPS) is 20.8. The third-order valence-corrected chi connectivity index (χ3v) is 2.91. The molecule has 1 unspecified atom stereocenters. The first-order valence-corrected chi connectivity index (χ1v) is 6.29. The Morgan fingerprint density at radius 1 is 1.59 bits per heavy atom. The lowest BCUT2D eigenvalue weighted by atomic mass is 10.1. The highest BCUT2D eigenvalue weighted by Gasteiger charge is 2.24. The van der Waals surface area contributed by atoms with E-state index in [9.17, 15) is 9.59 Å². The molecule has 1 aliphatic heterocycles. The number of carbonyl (C=O) groups is 2. The van der Waals surface area contributed by atoms with Crippen LogP contribution in [0.5, 0.6) is 0 Å². The van der Waals surface area contributed by atoms with E-state index >= 15 is 0 Å². The van der Waals surface area contributed by atoms with Gasteiger partial charge in [0.15, 0.2) is 0 Å². The van der Waals surface area contributed by atoms with Crippen molar-refractivity contribution in [2.24, 2.45) is 11.7 Å². The van der Waals surface area contributed by atoms with Gasteiger partial charge in [-0.25, -0.2) is 0 Å². The van der Waals surface area contributed by atoms with E-state index in [1.54, 1.807) is 4.90 Å². The van der Waals surface area contributed by atoms with Crippen molar-refractivity contribution in [3.8, 4) is 0 Å². The standard InChI is InChI=1S/C12H23N3O2/c1-9(2)5-6-14-11(16)8-15-7-10(13)3-4-12(15)17/h9-10H,3-8,13H2,1-2H3,(H,14,16). The van der Waals surface area contributed by atoms with Crippen molar-refractivity contribution in [3.63, 3.8) is 0 Å². The van der Waals surface area contributed by atoms with E-state index in [4.69, 9.17) is 5.73 Å². The number of amides is 2. The first-order valence-electron chi connectivity index (χ1n) is 6.29. The summed E-state index contributed by atoms with van der Waals surface area (Å²) in [6, 6.07) is 0.0103. The molecule has 1 fully saturated rings. The highest BCUT2D eigenvalue weighted by atomic mass is 16.2. The van der Waals surface area contributed by atoms with Crippen molar-refractivity contribution in [2.45, 2.75) is 39.2 Å². The molecule has 1 rings (SSSR count). The zero-order valence-electron chi connectivity index (χ0n) is 10.7. The van der Waals surface area contributed by atoms with E-state index in [2.05, 4.69) is 19.2 Å². The summed E-state index contributed by atoms with van der Waals surface area (Å²) < 4.78 is 0. The van der Waals surface area contributed by atoms with Gasteiger partial charge >= 0.3 is 0 Å². The maximum absolute atomic E-state index is 11.6. The van der Waals surface area contributed by atoms with Crippen LogP contribution in [0.3, 0.4) is 0 Å². The van der Waals surface area contributed by atoms with Gasteiger partial charge in [-0.2, -0.15) is 0 Å². The van der Waals surface area contributed by atoms with Gasteiger partial charge in [-0.05, 0) is 18.8 Å². The molecule has 3 N–H and O–H groups in total. The summed E-state index contributed by atoms with van der Waals surface area (Å²) in [4.78, 5) is 24.7. The van der Waals surface area contributed by atoms with Crippen LogP contribution in [-0.4, -0.2) is 42.4 Å². The highest BCUT2D eigenvalue weighted by Crippen LogP contribution is 2.09. The molecule has 1 saturated heterocycles. The van der Waals surface area contributed by atoms with Crippen LogP contribution < -0.4 is 11.1 Å². The average molecular weight is 241 g/mol. The Labute approximate surface area is 103 Å². The van der Waals surface area contributed by atoms with E-state index in [-0.39, 0.29) is 24.4 Å². The number of nitrogens with two attached hydrogens (primary N) is 1. The van der Waals surface area contributed by atoms with E-state index in [1.807, 2.05) is 0 Å². The second-order valence-electron chi connectivity index (χ2n) is 5.11. The first-order chi connectivity index (χ1) is 7.99. The summed E-state index contributed by atoms with van der Waals surface area (Å²) in [5.41, 5.74) is 5.78. The number of piperidine rings is 1. The zero-order valence-corrected chi connectivity index (χ0v) is 10.7. The average Bonchev–Trinajstić information content (AvgIpc) is 2.23. The molecule has 0 bridgehead atoms. The molecule has 0 aliphatic carbocycles. The quantitative estimate of drug-likeness (QED) is 0.716. The van der Waals surface area contributed by atoms with Crippen molar-refractivity contribution < 1.29 is 9.59 Å². The fraction of sp³-hybridized carbons (Fsp3) is 0.833. The topological polar surface area (TPSA) is 75.4 Å². The maximum atomic E-state index is 11.6. The molecule has 98 valence electrons. The van der Waals surface area contributed by atoms with Crippen molar-refractivity contribution in [3.05, 3.63) is 0 Å². The Balaban J connectivity index is 2.27. The highest BCUT2D eigenvalue weighted by molar-refractivity contribution is 5.85. The fourth-order valence-corrected chi connectivity index (χ4v) is 1.83. The molecule has 2 amide bonds. The summed E-state index contributed by atoms with van der Waals surface area (Å²) in [5, 5.41) is 2.82. The van der Waals surface area contributed by atoms with E-state index in [0.717, 1.165) is 12.8 Å². The van der Waals surface area contributed by atoms with Crippen LogP contribution in [0.25, 0.3) is 0 Å². The third-order valence-electron chi connectivity index (χ3n) is 2.91. The van der Waals surface area contributed by atoms with Gasteiger partial charge in [-0.1, -0.05) is 13.8 Å². The largest absolute Gasteiger partial charge is 0.355 e. The van der Waals surface area contributed by atoms with Crippen LogP contribution in [0.15, 0.2) is 0 Å². The Bertz CT molecular complexity index is 279. The number of carbonyl (C=O) groups excluding carboxylic acids is 2. The summed E-state index contributed by atoms with van der Waals surface area (Å²) >= 11 is 0. The molecule has 0 aromatic carbocycles. The van der Waals surface area contributed by atoms with Gasteiger partial charge in [0.2, 0.25) is 11.8 Å². The number of nitrogens with one attached hydrogen (secondary N) is 1. The minimum atomic E-state index is -0.0897. The number of rotatable bonds is 5. The second-order valence-corrected chi connectivity index (χ2v) is 5.11. The zero-order chi connectivity index (χ0) is 12.8. The molecule has 0 spiro atoms. The Kier molecular flexibility index (Phi) is 5.41. The number of likely N-dealkylation sites (tertiary alicyclic amines) is 1. The molecular weight excluding hydrogens is 218 g/mol. The Morgan fingerprint density at radius 2 is 2.29 bits per heavy atom. The van der Waals surface area contributed by atoms with E-state index in [1.165, 1.54) is 0 Å². The molecule has 1 atom stereocenters. The summed E-state index contributed by atoms with van der Waals surface area (Å²) in [6.45, 7) is 5.53. The van der Waals surface area contributed by atoms with Crippen LogP contribution in [-0.2, 0) is 9.59 Å². The molecule has 5 heteroatoms. The lowest BCUT2D eigenvalue weighted by molar-refractivity contribution is -0.138.